The first-order chi connectivity index (χ1) is 11.0. The summed E-state index contributed by atoms with van der Waals surface area (Å²) in [4.78, 5) is 15.6. The number of likely N-dealkylation sites (tertiary alicyclic amines) is 1. The number of hydrogen-bond donors (Lipinski definition) is 1. The van der Waals surface area contributed by atoms with Crippen molar-refractivity contribution >= 4 is 5.91 Å². The maximum atomic E-state index is 13.5. The summed E-state index contributed by atoms with van der Waals surface area (Å²) in [5.74, 6) is 0.801. The number of piperidine rings is 1. The van der Waals surface area contributed by atoms with Crippen LogP contribution in [0.5, 0.6) is 0 Å². The molecule has 3 nitrogen and oxygen atoms in total. The molecule has 1 amide bonds. The van der Waals surface area contributed by atoms with Crippen molar-refractivity contribution in [2.24, 2.45) is 11.7 Å². The first-order valence-electron chi connectivity index (χ1n) is 9.15. The fourth-order valence-electron chi connectivity index (χ4n) is 4.47. The van der Waals surface area contributed by atoms with E-state index in [0.29, 0.717) is 11.8 Å². The van der Waals surface area contributed by atoms with Crippen LogP contribution in [0.3, 0.4) is 0 Å². The molecular formula is C20H30N2O. The summed E-state index contributed by atoms with van der Waals surface area (Å²) < 4.78 is 0. The molecule has 0 bridgehead atoms. The molecule has 23 heavy (non-hydrogen) atoms. The van der Waals surface area contributed by atoms with E-state index in [1.54, 1.807) is 0 Å². The van der Waals surface area contributed by atoms with Gasteiger partial charge in [-0.15, -0.1) is 0 Å². The van der Waals surface area contributed by atoms with Crippen LogP contribution in [-0.4, -0.2) is 29.9 Å². The first kappa shape index (κ1) is 16.5. The molecule has 0 spiro atoms. The molecule has 0 radical (unpaired) electrons. The number of carbonyl (C=O) groups is 1. The lowest BCUT2D eigenvalue weighted by molar-refractivity contribution is -0.139. The number of nitrogens with two attached hydrogens (primary N) is 1. The Labute approximate surface area is 140 Å². The van der Waals surface area contributed by atoms with Crippen molar-refractivity contribution in [1.29, 1.82) is 0 Å². The predicted molar refractivity (Wildman–Crippen MR) is 94.3 cm³/mol. The Morgan fingerprint density at radius 2 is 2.04 bits per heavy atom. The van der Waals surface area contributed by atoms with Gasteiger partial charge in [-0.25, -0.2) is 0 Å². The minimum absolute atomic E-state index is 0.170. The van der Waals surface area contributed by atoms with Crippen molar-refractivity contribution in [2.45, 2.75) is 63.8 Å². The zero-order chi connectivity index (χ0) is 16.4. The van der Waals surface area contributed by atoms with Crippen LogP contribution in [0.1, 0.15) is 56.6 Å². The molecule has 3 heteroatoms. The fourth-order valence-corrected chi connectivity index (χ4v) is 4.47. The average Bonchev–Trinajstić information content (AvgIpc) is 3.05. The Balaban J connectivity index is 1.87. The van der Waals surface area contributed by atoms with Gasteiger partial charge in [0.1, 0.15) is 0 Å². The molecule has 0 aromatic heterocycles. The molecule has 1 saturated heterocycles. The third-order valence-electron chi connectivity index (χ3n) is 5.93. The van der Waals surface area contributed by atoms with Crippen molar-refractivity contribution in [1.82, 2.24) is 4.90 Å². The highest BCUT2D eigenvalue weighted by Crippen LogP contribution is 2.43. The van der Waals surface area contributed by atoms with Gasteiger partial charge in [0.2, 0.25) is 5.91 Å². The van der Waals surface area contributed by atoms with E-state index in [1.165, 1.54) is 11.1 Å². The number of aryl methyl sites for hydroxylation is 1. The molecule has 2 fully saturated rings. The molecule has 1 heterocycles. The first-order valence-corrected chi connectivity index (χ1v) is 9.15. The molecule has 1 aliphatic heterocycles. The van der Waals surface area contributed by atoms with E-state index >= 15 is 0 Å². The summed E-state index contributed by atoms with van der Waals surface area (Å²) >= 11 is 0. The van der Waals surface area contributed by atoms with Gasteiger partial charge in [0, 0.05) is 19.1 Å². The van der Waals surface area contributed by atoms with E-state index in [-0.39, 0.29) is 11.5 Å². The highest BCUT2D eigenvalue weighted by Gasteiger charge is 2.45. The van der Waals surface area contributed by atoms with Gasteiger partial charge in [0.15, 0.2) is 0 Å². The Morgan fingerprint density at radius 1 is 1.30 bits per heavy atom. The topological polar surface area (TPSA) is 46.3 Å². The highest BCUT2D eigenvalue weighted by atomic mass is 16.2. The SMILES string of the molecule is Cc1cccc(C2(C(=O)N3CCCC(C(C)N)C3)CCCC2)c1. The van der Waals surface area contributed by atoms with Crippen LogP contribution < -0.4 is 5.73 Å². The van der Waals surface area contributed by atoms with Crippen LogP contribution in [-0.2, 0) is 10.2 Å². The molecule has 2 aliphatic rings. The number of carbonyl (C=O) groups excluding carboxylic acids is 1. The summed E-state index contributed by atoms with van der Waals surface area (Å²) in [5.41, 5.74) is 8.29. The third kappa shape index (κ3) is 3.16. The van der Waals surface area contributed by atoms with Crippen molar-refractivity contribution in [3.63, 3.8) is 0 Å². The molecule has 1 aliphatic carbocycles. The number of nitrogens with zero attached hydrogens (tertiary/aromatic N) is 1. The van der Waals surface area contributed by atoms with Gasteiger partial charge in [-0.1, -0.05) is 42.7 Å². The van der Waals surface area contributed by atoms with E-state index in [1.807, 2.05) is 0 Å². The normalized spacial score (nSPS) is 25.3. The smallest absolute Gasteiger partial charge is 0.233 e. The number of benzene rings is 1. The van der Waals surface area contributed by atoms with Crippen molar-refractivity contribution in [3.05, 3.63) is 35.4 Å². The van der Waals surface area contributed by atoms with Crippen molar-refractivity contribution in [3.8, 4) is 0 Å². The van der Waals surface area contributed by atoms with E-state index < -0.39 is 0 Å². The minimum atomic E-state index is -0.286. The summed E-state index contributed by atoms with van der Waals surface area (Å²) in [6.07, 6.45) is 6.54. The van der Waals surface area contributed by atoms with Crippen LogP contribution in [0.15, 0.2) is 24.3 Å². The molecule has 1 aromatic rings. The van der Waals surface area contributed by atoms with E-state index in [4.69, 9.17) is 5.73 Å². The van der Waals surface area contributed by atoms with Crippen molar-refractivity contribution < 1.29 is 4.79 Å². The molecule has 2 N–H and O–H groups in total. The standard InChI is InChI=1S/C20H30N2O/c1-15-7-5-9-18(13-15)20(10-3-4-11-20)19(23)22-12-6-8-17(14-22)16(2)21/h5,7,9,13,16-17H,3-4,6,8,10-12,14,21H2,1-2H3. The summed E-state index contributed by atoms with van der Waals surface area (Å²) in [6, 6.07) is 8.76. The fraction of sp³-hybridized carbons (Fsp3) is 0.650. The molecule has 3 rings (SSSR count). The highest BCUT2D eigenvalue weighted by molar-refractivity contribution is 5.88. The second-order valence-electron chi connectivity index (χ2n) is 7.67. The molecule has 1 aromatic carbocycles. The monoisotopic (exact) mass is 314 g/mol. The minimum Gasteiger partial charge on any atom is -0.342 e. The van der Waals surface area contributed by atoms with Gasteiger partial charge < -0.3 is 10.6 Å². The Bertz CT molecular complexity index is 561. The lowest BCUT2D eigenvalue weighted by Gasteiger charge is -2.40. The second-order valence-corrected chi connectivity index (χ2v) is 7.67. The lowest BCUT2D eigenvalue weighted by Crippen LogP contribution is -2.51. The van der Waals surface area contributed by atoms with Crippen LogP contribution in [0, 0.1) is 12.8 Å². The quantitative estimate of drug-likeness (QED) is 0.929. The average molecular weight is 314 g/mol. The zero-order valence-corrected chi connectivity index (χ0v) is 14.6. The van der Waals surface area contributed by atoms with Crippen LogP contribution in [0.2, 0.25) is 0 Å². The molecule has 2 unspecified atom stereocenters. The number of hydrogen-bond acceptors (Lipinski definition) is 2. The molecule has 1 saturated carbocycles. The lowest BCUT2D eigenvalue weighted by atomic mass is 9.76. The Morgan fingerprint density at radius 3 is 2.70 bits per heavy atom. The van der Waals surface area contributed by atoms with Gasteiger partial charge in [-0.2, -0.15) is 0 Å². The van der Waals surface area contributed by atoms with E-state index in [0.717, 1.165) is 51.6 Å². The van der Waals surface area contributed by atoms with Crippen LogP contribution in [0.25, 0.3) is 0 Å². The van der Waals surface area contributed by atoms with E-state index in [9.17, 15) is 4.79 Å². The van der Waals surface area contributed by atoms with Gasteiger partial charge in [0.25, 0.3) is 0 Å². The Kier molecular flexibility index (Phi) is 4.77. The summed E-state index contributed by atoms with van der Waals surface area (Å²) in [6.45, 7) is 5.92. The Hall–Kier alpha value is -1.35. The van der Waals surface area contributed by atoms with Gasteiger partial charge in [-0.05, 0) is 51.0 Å². The van der Waals surface area contributed by atoms with Gasteiger partial charge in [-0.3, -0.25) is 4.79 Å². The largest absolute Gasteiger partial charge is 0.342 e. The maximum absolute atomic E-state index is 13.5. The van der Waals surface area contributed by atoms with Gasteiger partial charge >= 0.3 is 0 Å². The second kappa shape index (κ2) is 6.64. The van der Waals surface area contributed by atoms with Gasteiger partial charge in [0.05, 0.1) is 5.41 Å². The maximum Gasteiger partial charge on any atom is 0.233 e. The summed E-state index contributed by atoms with van der Waals surface area (Å²) in [5, 5.41) is 0. The third-order valence-corrected chi connectivity index (χ3v) is 5.93. The molecule has 2 atom stereocenters. The number of amides is 1. The molecular weight excluding hydrogens is 284 g/mol. The zero-order valence-electron chi connectivity index (χ0n) is 14.6. The molecule has 126 valence electrons. The number of rotatable bonds is 3. The van der Waals surface area contributed by atoms with E-state index in [2.05, 4.69) is 43.0 Å². The van der Waals surface area contributed by atoms with Crippen molar-refractivity contribution in [2.75, 3.05) is 13.1 Å². The van der Waals surface area contributed by atoms with Crippen LogP contribution in [0.4, 0.5) is 0 Å². The summed E-state index contributed by atoms with van der Waals surface area (Å²) in [7, 11) is 0. The predicted octanol–water partition coefficient (Wildman–Crippen LogP) is 3.39. The van der Waals surface area contributed by atoms with Crippen LogP contribution >= 0.6 is 0 Å².